The first-order valence-electron chi connectivity index (χ1n) is 6.13. The van der Waals surface area contributed by atoms with Gasteiger partial charge in [0.1, 0.15) is 5.15 Å². The molecule has 0 radical (unpaired) electrons. The Morgan fingerprint density at radius 1 is 1.00 bits per heavy atom. The summed E-state index contributed by atoms with van der Waals surface area (Å²) < 4.78 is 1.66. The van der Waals surface area contributed by atoms with E-state index in [-0.39, 0.29) is 0 Å². The molecule has 0 atom stereocenters. The van der Waals surface area contributed by atoms with Gasteiger partial charge in [0.15, 0.2) is 11.5 Å². The molecule has 0 bridgehead atoms. The summed E-state index contributed by atoms with van der Waals surface area (Å²) in [5.74, 6) is 1.21. The van der Waals surface area contributed by atoms with Gasteiger partial charge in [-0.05, 0) is 23.6 Å². The molecule has 0 spiro atoms. The third-order valence-corrected chi connectivity index (χ3v) is 3.27. The van der Waals surface area contributed by atoms with E-state index in [2.05, 4.69) is 41.3 Å². The maximum Gasteiger partial charge on any atom is 0.185 e. The van der Waals surface area contributed by atoms with Crippen LogP contribution in [0.5, 0.6) is 0 Å². The van der Waals surface area contributed by atoms with Crippen molar-refractivity contribution in [3.05, 3.63) is 47.1 Å². The number of benzene rings is 1. The van der Waals surface area contributed by atoms with Gasteiger partial charge >= 0.3 is 0 Å². The first-order valence-corrected chi connectivity index (χ1v) is 6.51. The molecule has 0 aliphatic carbocycles. The van der Waals surface area contributed by atoms with Crippen LogP contribution >= 0.6 is 11.6 Å². The number of halogens is 1. The summed E-state index contributed by atoms with van der Waals surface area (Å²) in [4.78, 5) is 0. The maximum absolute atomic E-state index is 5.91. The third-order valence-electron chi connectivity index (χ3n) is 3.07. The van der Waals surface area contributed by atoms with Gasteiger partial charge in [-0.25, -0.2) is 0 Å². The molecule has 0 saturated carbocycles. The Labute approximate surface area is 116 Å². The highest BCUT2D eigenvalue weighted by molar-refractivity contribution is 6.29. The molecule has 5 heteroatoms. The molecule has 0 aliphatic rings. The standard InChI is InChI=1S/C14H13ClN4/c1-9(2)10-3-5-11(6-4-10)14-17-16-13-8-7-12(15)18-19(13)14/h3-9H,1-2H3. The van der Waals surface area contributed by atoms with Crippen molar-refractivity contribution in [3.63, 3.8) is 0 Å². The second-order valence-corrected chi connectivity index (χ2v) is 5.11. The average Bonchev–Trinajstić information content (AvgIpc) is 2.81. The van der Waals surface area contributed by atoms with Crippen molar-refractivity contribution in [2.45, 2.75) is 19.8 Å². The molecule has 0 fully saturated rings. The van der Waals surface area contributed by atoms with E-state index < -0.39 is 0 Å². The molecule has 96 valence electrons. The first kappa shape index (κ1) is 12.1. The van der Waals surface area contributed by atoms with Gasteiger partial charge in [-0.1, -0.05) is 49.7 Å². The summed E-state index contributed by atoms with van der Waals surface area (Å²) in [6.07, 6.45) is 0. The van der Waals surface area contributed by atoms with Gasteiger partial charge in [0.2, 0.25) is 0 Å². The Morgan fingerprint density at radius 3 is 2.42 bits per heavy atom. The second kappa shape index (κ2) is 4.63. The average molecular weight is 273 g/mol. The zero-order valence-corrected chi connectivity index (χ0v) is 11.5. The molecule has 0 saturated heterocycles. The zero-order valence-electron chi connectivity index (χ0n) is 10.7. The van der Waals surface area contributed by atoms with Gasteiger partial charge in [-0.15, -0.1) is 10.2 Å². The lowest BCUT2D eigenvalue weighted by molar-refractivity contribution is 0.866. The molecule has 2 aromatic heterocycles. The van der Waals surface area contributed by atoms with Crippen LogP contribution < -0.4 is 0 Å². The molecular weight excluding hydrogens is 260 g/mol. The quantitative estimate of drug-likeness (QED) is 0.716. The van der Waals surface area contributed by atoms with Gasteiger partial charge in [0, 0.05) is 5.56 Å². The van der Waals surface area contributed by atoms with Crippen molar-refractivity contribution < 1.29 is 0 Å². The van der Waals surface area contributed by atoms with E-state index in [0.29, 0.717) is 22.5 Å². The van der Waals surface area contributed by atoms with Crippen LogP contribution in [0.2, 0.25) is 5.15 Å². The molecule has 0 N–H and O–H groups in total. The normalized spacial score (nSPS) is 11.4. The van der Waals surface area contributed by atoms with Gasteiger partial charge in [0.25, 0.3) is 0 Å². The summed E-state index contributed by atoms with van der Waals surface area (Å²) in [6.45, 7) is 4.34. The van der Waals surface area contributed by atoms with Crippen molar-refractivity contribution in [3.8, 4) is 11.4 Å². The maximum atomic E-state index is 5.91. The van der Waals surface area contributed by atoms with Crippen molar-refractivity contribution in [2.75, 3.05) is 0 Å². The Morgan fingerprint density at radius 2 is 1.74 bits per heavy atom. The minimum absolute atomic E-state index is 0.423. The molecular formula is C14H13ClN4. The van der Waals surface area contributed by atoms with Crippen molar-refractivity contribution in [1.29, 1.82) is 0 Å². The van der Waals surface area contributed by atoms with Crippen molar-refractivity contribution >= 4 is 17.2 Å². The van der Waals surface area contributed by atoms with Crippen LogP contribution in [0.15, 0.2) is 36.4 Å². The fraction of sp³-hybridized carbons (Fsp3) is 0.214. The lowest BCUT2D eigenvalue weighted by Crippen LogP contribution is -1.95. The number of hydrogen-bond donors (Lipinski definition) is 0. The van der Waals surface area contributed by atoms with Gasteiger partial charge in [-0.2, -0.15) is 9.61 Å². The van der Waals surface area contributed by atoms with E-state index in [1.165, 1.54) is 5.56 Å². The van der Waals surface area contributed by atoms with Crippen LogP contribution in [-0.2, 0) is 0 Å². The van der Waals surface area contributed by atoms with Gasteiger partial charge < -0.3 is 0 Å². The summed E-state index contributed by atoms with van der Waals surface area (Å²) in [5, 5.41) is 12.9. The Hall–Kier alpha value is -1.94. The zero-order chi connectivity index (χ0) is 13.4. The lowest BCUT2D eigenvalue weighted by atomic mass is 10.0. The van der Waals surface area contributed by atoms with E-state index in [1.54, 1.807) is 16.6 Å². The molecule has 0 aliphatic heterocycles. The second-order valence-electron chi connectivity index (χ2n) is 4.73. The number of nitrogens with zero attached hydrogens (tertiary/aromatic N) is 4. The summed E-state index contributed by atoms with van der Waals surface area (Å²) in [5.41, 5.74) is 2.96. The van der Waals surface area contributed by atoms with E-state index in [0.717, 1.165) is 5.56 Å². The van der Waals surface area contributed by atoms with Crippen LogP contribution in [0.4, 0.5) is 0 Å². The van der Waals surface area contributed by atoms with Gasteiger partial charge in [0.05, 0.1) is 0 Å². The molecule has 19 heavy (non-hydrogen) atoms. The Balaban J connectivity index is 2.11. The van der Waals surface area contributed by atoms with Crippen LogP contribution in [-0.4, -0.2) is 19.8 Å². The fourth-order valence-corrected chi connectivity index (χ4v) is 2.10. The van der Waals surface area contributed by atoms with E-state index in [1.807, 2.05) is 12.1 Å². The number of fused-ring (bicyclic) bond motifs is 1. The Bertz CT molecular complexity index is 716. The first-order chi connectivity index (χ1) is 9.15. The number of aromatic nitrogens is 4. The molecule has 0 unspecified atom stereocenters. The molecule has 1 aromatic carbocycles. The fourth-order valence-electron chi connectivity index (χ4n) is 1.96. The molecule has 0 amide bonds. The molecule has 4 nitrogen and oxygen atoms in total. The predicted molar refractivity (Wildman–Crippen MR) is 75.3 cm³/mol. The van der Waals surface area contributed by atoms with Crippen LogP contribution in [0, 0.1) is 0 Å². The highest BCUT2D eigenvalue weighted by Gasteiger charge is 2.10. The van der Waals surface area contributed by atoms with Crippen LogP contribution in [0.25, 0.3) is 17.0 Å². The van der Waals surface area contributed by atoms with E-state index >= 15 is 0 Å². The SMILES string of the molecule is CC(C)c1ccc(-c2nnc3ccc(Cl)nn23)cc1. The van der Waals surface area contributed by atoms with Crippen molar-refractivity contribution in [2.24, 2.45) is 0 Å². The van der Waals surface area contributed by atoms with Crippen LogP contribution in [0.1, 0.15) is 25.3 Å². The van der Waals surface area contributed by atoms with E-state index in [4.69, 9.17) is 11.6 Å². The van der Waals surface area contributed by atoms with E-state index in [9.17, 15) is 0 Å². The summed E-state index contributed by atoms with van der Waals surface area (Å²) in [7, 11) is 0. The Kier molecular flexibility index (Phi) is 2.95. The topological polar surface area (TPSA) is 43.1 Å². The van der Waals surface area contributed by atoms with Crippen molar-refractivity contribution in [1.82, 2.24) is 19.8 Å². The lowest BCUT2D eigenvalue weighted by Gasteiger charge is -2.05. The number of hydrogen-bond acceptors (Lipinski definition) is 3. The third kappa shape index (κ3) is 2.19. The monoisotopic (exact) mass is 272 g/mol. The smallest absolute Gasteiger partial charge is 0.185 e. The molecule has 3 aromatic rings. The van der Waals surface area contributed by atoms with Crippen LogP contribution in [0.3, 0.4) is 0 Å². The van der Waals surface area contributed by atoms with Gasteiger partial charge in [-0.3, -0.25) is 0 Å². The molecule has 2 heterocycles. The summed E-state index contributed by atoms with van der Waals surface area (Å²) in [6, 6.07) is 11.8. The molecule has 3 rings (SSSR count). The number of rotatable bonds is 2. The largest absolute Gasteiger partial charge is 0.191 e. The highest BCUT2D eigenvalue weighted by atomic mass is 35.5. The minimum Gasteiger partial charge on any atom is -0.191 e. The minimum atomic E-state index is 0.423. The highest BCUT2D eigenvalue weighted by Crippen LogP contribution is 2.21. The summed E-state index contributed by atoms with van der Waals surface area (Å²) >= 11 is 5.91. The predicted octanol–water partition coefficient (Wildman–Crippen LogP) is 3.57.